The molecule has 1 N–H and O–H groups in total. The Bertz CT molecular complexity index is 499. The number of rotatable bonds is 5. The lowest BCUT2D eigenvalue weighted by molar-refractivity contribution is 0.495. The van der Waals surface area contributed by atoms with Crippen molar-refractivity contribution in [2.24, 2.45) is 0 Å². The van der Waals surface area contributed by atoms with Crippen LogP contribution in [0.25, 0.3) is 0 Å². The lowest BCUT2D eigenvalue weighted by Crippen LogP contribution is -2.16. The molecule has 0 bridgehead atoms. The highest BCUT2D eigenvalue weighted by Gasteiger charge is 2.08. The molecule has 0 radical (unpaired) electrons. The average molecular weight is 329 g/mol. The van der Waals surface area contributed by atoms with Crippen LogP contribution >= 0.6 is 27.5 Å². The normalized spacial score (nSPS) is 12.4. The van der Waals surface area contributed by atoms with Gasteiger partial charge in [0.1, 0.15) is 5.76 Å². The molecule has 0 amide bonds. The molecule has 2 aromatic rings. The Morgan fingerprint density at radius 1 is 1.33 bits per heavy atom. The standard InChI is InChI=1S/C14H15BrClNO/c1-10(7-8-11-4-3-9-18-11)17-13-6-2-5-12(16)14(13)15/h2-6,9-10,17H,7-8H2,1H3. The first-order valence-corrected chi connectivity index (χ1v) is 7.07. The van der Waals surface area contributed by atoms with E-state index in [0.717, 1.165) is 33.8 Å². The van der Waals surface area contributed by atoms with Gasteiger partial charge in [0.25, 0.3) is 0 Å². The van der Waals surface area contributed by atoms with Gasteiger partial charge in [-0.15, -0.1) is 0 Å². The van der Waals surface area contributed by atoms with Crippen molar-refractivity contribution in [3.8, 4) is 0 Å². The van der Waals surface area contributed by atoms with E-state index in [0.29, 0.717) is 6.04 Å². The van der Waals surface area contributed by atoms with E-state index in [1.54, 1.807) is 6.26 Å². The zero-order valence-corrected chi connectivity index (χ0v) is 12.5. The molecule has 2 nitrogen and oxygen atoms in total. The third-order valence-corrected chi connectivity index (χ3v) is 4.15. The van der Waals surface area contributed by atoms with E-state index in [1.807, 2.05) is 30.3 Å². The smallest absolute Gasteiger partial charge is 0.103 e. The number of hydrogen-bond donors (Lipinski definition) is 1. The highest BCUT2D eigenvalue weighted by molar-refractivity contribution is 9.10. The molecule has 1 aromatic heterocycles. The maximum Gasteiger partial charge on any atom is 0.103 e. The molecule has 0 aliphatic heterocycles. The van der Waals surface area contributed by atoms with Crippen molar-refractivity contribution in [1.29, 1.82) is 0 Å². The quantitative estimate of drug-likeness (QED) is 0.823. The first-order valence-electron chi connectivity index (χ1n) is 5.89. The van der Waals surface area contributed by atoms with Crippen molar-refractivity contribution in [3.63, 3.8) is 0 Å². The second kappa shape index (κ2) is 6.30. The predicted octanol–water partition coefficient (Wildman–Crippen LogP) is 5.13. The van der Waals surface area contributed by atoms with Gasteiger partial charge in [0.15, 0.2) is 0 Å². The van der Waals surface area contributed by atoms with Gasteiger partial charge in [-0.3, -0.25) is 0 Å². The molecule has 1 unspecified atom stereocenters. The molecule has 96 valence electrons. The van der Waals surface area contributed by atoms with Gasteiger partial charge >= 0.3 is 0 Å². The lowest BCUT2D eigenvalue weighted by Gasteiger charge is -2.16. The van der Waals surface area contributed by atoms with Crippen molar-refractivity contribution in [1.82, 2.24) is 0 Å². The number of halogens is 2. The van der Waals surface area contributed by atoms with Crippen molar-refractivity contribution in [3.05, 3.63) is 51.9 Å². The summed E-state index contributed by atoms with van der Waals surface area (Å²) in [6.45, 7) is 2.15. The minimum atomic E-state index is 0.352. The summed E-state index contributed by atoms with van der Waals surface area (Å²) in [6.07, 6.45) is 3.65. The molecule has 0 saturated heterocycles. The van der Waals surface area contributed by atoms with Gasteiger partial charge in [-0.05, 0) is 53.5 Å². The van der Waals surface area contributed by atoms with Crippen molar-refractivity contribution in [2.45, 2.75) is 25.8 Å². The van der Waals surface area contributed by atoms with E-state index >= 15 is 0 Å². The van der Waals surface area contributed by atoms with Crippen LogP contribution in [0.2, 0.25) is 5.02 Å². The van der Waals surface area contributed by atoms with Gasteiger partial charge in [0, 0.05) is 12.5 Å². The molecule has 2 rings (SSSR count). The van der Waals surface area contributed by atoms with Crippen LogP contribution in [-0.4, -0.2) is 6.04 Å². The zero-order chi connectivity index (χ0) is 13.0. The van der Waals surface area contributed by atoms with Crippen LogP contribution in [0.3, 0.4) is 0 Å². The van der Waals surface area contributed by atoms with Crippen molar-refractivity contribution in [2.75, 3.05) is 5.32 Å². The molecule has 4 heteroatoms. The highest BCUT2D eigenvalue weighted by atomic mass is 79.9. The molecule has 1 atom stereocenters. The van der Waals surface area contributed by atoms with E-state index < -0.39 is 0 Å². The maximum absolute atomic E-state index is 6.05. The fourth-order valence-corrected chi connectivity index (χ4v) is 2.32. The van der Waals surface area contributed by atoms with Gasteiger partial charge in [-0.2, -0.15) is 0 Å². The Kier molecular flexibility index (Phi) is 4.72. The Labute approximate surface area is 120 Å². The van der Waals surface area contributed by atoms with Gasteiger partial charge in [0.2, 0.25) is 0 Å². The number of anilines is 1. The number of furan rings is 1. The average Bonchev–Trinajstić information content (AvgIpc) is 2.86. The Balaban J connectivity index is 1.90. The van der Waals surface area contributed by atoms with Gasteiger partial charge < -0.3 is 9.73 Å². The van der Waals surface area contributed by atoms with Crippen LogP contribution in [0.4, 0.5) is 5.69 Å². The zero-order valence-electron chi connectivity index (χ0n) is 10.1. The summed E-state index contributed by atoms with van der Waals surface area (Å²) in [6, 6.07) is 10.1. The minimum absolute atomic E-state index is 0.352. The second-order valence-electron chi connectivity index (χ2n) is 4.26. The van der Waals surface area contributed by atoms with Crippen LogP contribution in [0.15, 0.2) is 45.5 Å². The third kappa shape index (κ3) is 3.53. The number of nitrogens with one attached hydrogen (secondary N) is 1. The van der Waals surface area contributed by atoms with Gasteiger partial charge in [0.05, 0.1) is 21.4 Å². The SMILES string of the molecule is CC(CCc1ccco1)Nc1cccc(Cl)c1Br. The van der Waals surface area contributed by atoms with Crippen LogP contribution in [0.5, 0.6) is 0 Å². The fraction of sp³-hybridized carbons (Fsp3) is 0.286. The van der Waals surface area contributed by atoms with E-state index in [-0.39, 0.29) is 0 Å². The topological polar surface area (TPSA) is 25.2 Å². The van der Waals surface area contributed by atoms with Crippen LogP contribution in [-0.2, 0) is 6.42 Å². The molecular formula is C14H15BrClNO. The lowest BCUT2D eigenvalue weighted by atomic mass is 10.1. The molecule has 1 aromatic carbocycles. The van der Waals surface area contributed by atoms with E-state index in [4.69, 9.17) is 16.0 Å². The molecule has 0 saturated carbocycles. The monoisotopic (exact) mass is 327 g/mol. The Morgan fingerprint density at radius 2 is 2.17 bits per heavy atom. The summed E-state index contributed by atoms with van der Waals surface area (Å²) >= 11 is 9.54. The highest BCUT2D eigenvalue weighted by Crippen LogP contribution is 2.30. The van der Waals surface area contributed by atoms with E-state index in [1.165, 1.54) is 0 Å². The summed E-state index contributed by atoms with van der Waals surface area (Å²) < 4.78 is 6.23. The summed E-state index contributed by atoms with van der Waals surface area (Å²) in [5, 5.41) is 4.16. The summed E-state index contributed by atoms with van der Waals surface area (Å²) in [5.74, 6) is 1.02. The van der Waals surface area contributed by atoms with Crippen LogP contribution < -0.4 is 5.32 Å². The second-order valence-corrected chi connectivity index (χ2v) is 5.47. The van der Waals surface area contributed by atoms with Gasteiger partial charge in [-0.1, -0.05) is 17.7 Å². The predicted molar refractivity (Wildman–Crippen MR) is 79.3 cm³/mol. The molecule has 0 aliphatic carbocycles. The van der Waals surface area contributed by atoms with Crippen LogP contribution in [0.1, 0.15) is 19.1 Å². The minimum Gasteiger partial charge on any atom is -0.469 e. The number of hydrogen-bond acceptors (Lipinski definition) is 2. The Hall–Kier alpha value is -0.930. The molecule has 0 spiro atoms. The largest absolute Gasteiger partial charge is 0.469 e. The fourth-order valence-electron chi connectivity index (χ4n) is 1.77. The summed E-state index contributed by atoms with van der Waals surface area (Å²) in [4.78, 5) is 0. The Morgan fingerprint density at radius 3 is 2.89 bits per heavy atom. The number of benzene rings is 1. The maximum atomic E-state index is 6.05. The van der Waals surface area contributed by atoms with Crippen LogP contribution in [0, 0.1) is 0 Å². The first kappa shape index (κ1) is 13.5. The summed E-state index contributed by atoms with van der Waals surface area (Å²) in [5.41, 5.74) is 1.02. The van der Waals surface area contributed by atoms with E-state index in [2.05, 4.69) is 28.2 Å². The van der Waals surface area contributed by atoms with Crippen molar-refractivity contribution < 1.29 is 4.42 Å². The molecule has 0 fully saturated rings. The number of aryl methyl sites for hydroxylation is 1. The first-order chi connectivity index (χ1) is 8.66. The summed E-state index contributed by atoms with van der Waals surface area (Å²) in [7, 11) is 0. The molecule has 1 heterocycles. The molecular weight excluding hydrogens is 314 g/mol. The third-order valence-electron chi connectivity index (χ3n) is 2.76. The van der Waals surface area contributed by atoms with E-state index in [9.17, 15) is 0 Å². The van der Waals surface area contributed by atoms with Crippen molar-refractivity contribution >= 4 is 33.2 Å². The van der Waals surface area contributed by atoms with Gasteiger partial charge in [-0.25, -0.2) is 0 Å². The molecule has 0 aliphatic rings. The molecule has 18 heavy (non-hydrogen) atoms.